The van der Waals surface area contributed by atoms with E-state index in [2.05, 4.69) is 54.8 Å². The van der Waals surface area contributed by atoms with Crippen molar-refractivity contribution in [1.29, 1.82) is 0 Å². The van der Waals surface area contributed by atoms with Gasteiger partial charge in [-0.05, 0) is 64.2 Å². The van der Waals surface area contributed by atoms with Crippen LogP contribution in [-0.4, -0.2) is 65.7 Å². The van der Waals surface area contributed by atoms with Crippen LogP contribution in [0.1, 0.15) is 149 Å². The van der Waals surface area contributed by atoms with Crippen LogP contribution < -0.4 is 0 Å². The third-order valence-electron chi connectivity index (χ3n) is 7.50. The molecule has 0 spiro atoms. The van der Waals surface area contributed by atoms with Crippen molar-refractivity contribution >= 4 is 19.8 Å². The quantitative estimate of drug-likeness (QED) is 0.0257. The summed E-state index contributed by atoms with van der Waals surface area (Å²) in [5.41, 5.74) is 0. The van der Waals surface area contributed by atoms with Crippen molar-refractivity contribution in [2.45, 2.75) is 161 Å². The van der Waals surface area contributed by atoms with Crippen LogP contribution >= 0.6 is 7.82 Å². The van der Waals surface area contributed by atoms with Crippen molar-refractivity contribution in [3.8, 4) is 0 Å². The number of rotatable bonds is 34. The standard InChI is InChI=1S/C37H67O10P/c1-3-5-7-9-11-13-15-17-19-21-23-25-27-29-37(41)47-35(33-46-48(42,43)45-31-34(39)30-38)32-44-36(40)28-26-24-22-20-18-16-14-12-10-8-6-4-2/h7,9,12-15,34-35,38-39H,3-6,8,10-11,16-33H2,1-2H3,(H,42,43)/b9-7-,14-12-,15-13-. The molecule has 0 saturated heterocycles. The lowest BCUT2D eigenvalue weighted by Gasteiger charge is -2.20. The Morgan fingerprint density at radius 3 is 1.71 bits per heavy atom. The molecule has 0 aliphatic carbocycles. The highest BCUT2D eigenvalue weighted by atomic mass is 31.2. The van der Waals surface area contributed by atoms with E-state index in [9.17, 15) is 24.2 Å². The first kappa shape index (κ1) is 46.2. The topological polar surface area (TPSA) is 149 Å². The van der Waals surface area contributed by atoms with E-state index < -0.39 is 51.8 Å². The SMILES string of the molecule is CCC/C=C\C/C=C\CCCCCCCC(=O)OC(COC(=O)CCCCCCC/C=C\CCCCC)COP(=O)(O)OCC(O)CO. The third-order valence-corrected chi connectivity index (χ3v) is 8.45. The molecule has 0 rings (SSSR count). The Kier molecular flexibility index (Phi) is 32.4. The van der Waals surface area contributed by atoms with Gasteiger partial charge >= 0.3 is 19.8 Å². The summed E-state index contributed by atoms with van der Waals surface area (Å²) in [6.07, 6.45) is 31.2. The molecule has 0 bridgehead atoms. The molecular formula is C37H67O10P. The lowest BCUT2D eigenvalue weighted by molar-refractivity contribution is -0.161. The van der Waals surface area contributed by atoms with Crippen LogP contribution in [0.2, 0.25) is 0 Å². The van der Waals surface area contributed by atoms with Crippen LogP contribution in [0.15, 0.2) is 36.5 Å². The summed E-state index contributed by atoms with van der Waals surface area (Å²) >= 11 is 0. The largest absolute Gasteiger partial charge is 0.472 e. The number of phosphoric acid groups is 1. The number of phosphoric ester groups is 1. The Hall–Kier alpha value is -1.81. The van der Waals surface area contributed by atoms with Gasteiger partial charge in [0.05, 0.1) is 19.8 Å². The van der Waals surface area contributed by atoms with Gasteiger partial charge in [-0.2, -0.15) is 0 Å². The molecule has 0 heterocycles. The molecule has 3 unspecified atom stereocenters. The Labute approximate surface area is 291 Å². The van der Waals surface area contributed by atoms with Gasteiger partial charge in [-0.25, -0.2) is 4.57 Å². The molecule has 0 amide bonds. The summed E-state index contributed by atoms with van der Waals surface area (Å²) in [6.45, 7) is 2.23. The van der Waals surface area contributed by atoms with E-state index in [0.717, 1.165) is 83.5 Å². The van der Waals surface area contributed by atoms with Crippen molar-refractivity contribution in [3.05, 3.63) is 36.5 Å². The maximum absolute atomic E-state index is 12.5. The number of hydrogen-bond donors (Lipinski definition) is 3. The highest BCUT2D eigenvalue weighted by molar-refractivity contribution is 7.47. The summed E-state index contributed by atoms with van der Waals surface area (Å²) < 4.78 is 32.5. The molecule has 0 aromatic carbocycles. The lowest BCUT2D eigenvalue weighted by atomic mass is 10.1. The van der Waals surface area contributed by atoms with E-state index >= 15 is 0 Å². The molecule has 280 valence electrons. The molecule has 11 heteroatoms. The number of aliphatic hydroxyl groups is 2. The van der Waals surface area contributed by atoms with Gasteiger partial charge in [0.25, 0.3) is 0 Å². The van der Waals surface area contributed by atoms with E-state index in [4.69, 9.17) is 19.1 Å². The second kappa shape index (κ2) is 33.7. The van der Waals surface area contributed by atoms with Crippen molar-refractivity contribution in [3.63, 3.8) is 0 Å². The number of carbonyl (C=O) groups excluding carboxylic acids is 2. The summed E-state index contributed by atoms with van der Waals surface area (Å²) in [4.78, 5) is 34.7. The van der Waals surface area contributed by atoms with Crippen molar-refractivity contribution in [2.75, 3.05) is 26.4 Å². The Balaban J connectivity index is 4.43. The van der Waals surface area contributed by atoms with Gasteiger partial charge in [0.1, 0.15) is 12.7 Å². The molecule has 0 fully saturated rings. The molecule has 3 atom stereocenters. The monoisotopic (exact) mass is 702 g/mol. The van der Waals surface area contributed by atoms with Crippen molar-refractivity contribution in [1.82, 2.24) is 0 Å². The highest BCUT2D eigenvalue weighted by Gasteiger charge is 2.27. The number of unbranched alkanes of at least 4 members (excludes halogenated alkanes) is 14. The number of carbonyl (C=O) groups is 2. The van der Waals surface area contributed by atoms with E-state index in [1.54, 1.807) is 0 Å². The number of allylic oxidation sites excluding steroid dienone is 6. The molecule has 0 saturated carbocycles. The average Bonchev–Trinajstić information content (AvgIpc) is 3.07. The zero-order valence-electron chi connectivity index (χ0n) is 29.9. The second-order valence-electron chi connectivity index (χ2n) is 12.2. The van der Waals surface area contributed by atoms with Crippen molar-refractivity contribution < 1.29 is 47.8 Å². The minimum absolute atomic E-state index is 0.166. The molecule has 48 heavy (non-hydrogen) atoms. The molecule has 0 aliphatic rings. The van der Waals surface area contributed by atoms with Crippen LogP contribution in [0.25, 0.3) is 0 Å². The van der Waals surface area contributed by atoms with E-state index in [-0.39, 0.29) is 19.4 Å². The zero-order valence-corrected chi connectivity index (χ0v) is 30.8. The van der Waals surface area contributed by atoms with Crippen molar-refractivity contribution in [2.24, 2.45) is 0 Å². The van der Waals surface area contributed by atoms with Crippen LogP contribution in [0, 0.1) is 0 Å². The lowest BCUT2D eigenvalue weighted by Crippen LogP contribution is -2.29. The minimum atomic E-state index is -4.61. The van der Waals surface area contributed by atoms with Gasteiger partial charge in [-0.15, -0.1) is 0 Å². The van der Waals surface area contributed by atoms with Gasteiger partial charge in [0.15, 0.2) is 6.10 Å². The van der Waals surface area contributed by atoms with Crippen LogP contribution in [0.5, 0.6) is 0 Å². The highest BCUT2D eigenvalue weighted by Crippen LogP contribution is 2.43. The average molecular weight is 703 g/mol. The van der Waals surface area contributed by atoms with Gasteiger partial charge in [0, 0.05) is 12.8 Å². The van der Waals surface area contributed by atoms with Gasteiger partial charge < -0.3 is 24.6 Å². The summed E-state index contributed by atoms with van der Waals surface area (Å²) in [7, 11) is -4.61. The summed E-state index contributed by atoms with van der Waals surface area (Å²) in [5, 5.41) is 18.2. The molecule has 0 aromatic rings. The summed E-state index contributed by atoms with van der Waals surface area (Å²) in [5.74, 6) is -0.956. The number of hydrogen-bond acceptors (Lipinski definition) is 9. The van der Waals surface area contributed by atoms with E-state index in [0.29, 0.717) is 12.8 Å². The number of ether oxygens (including phenoxy) is 2. The first-order valence-corrected chi connectivity index (χ1v) is 19.9. The van der Waals surface area contributed by atoms with E-state index in [1.807, 2.05) is 0 Å². The molecule has 0 radical (unpaired) electrons. The maximum atomic E-state index is 12.5. The third kappa shape index (κ3) is 32.7. The first-order chi connectivity index (χ1) is 23.2. The maximum Gasteiger partial charge on any atom is 0.472 e. The van der Waals surface area contributed by atoms with Gasteiger partial charge in [-0.3, -0.25) is 18.6 Å². The Morgan fingerprint density at radius 2 is 1.12 bits per heavy atom. The fourth-order valence-corrected chi connectivity index (χ4v) is 5.40. The Morgan fingerprint density at radius 1 is 0.625 bits per heavy atom. The molecule has 3 N–H and O–H groups in total. The van der Waals surface area contributed by atoms with Crippen LogP contribution in [-0.2, 0) is 32.7 Å². The first-order valence-electron chi connectivity index (χ1n) is 18.4. The molecular weight excluding hydrogens is 635 g/mol. The van der Waals surface area contributed by atoms with Gasteiger partial charge in [0.2, 0.25) is 0 Å². The van der Waals surface area contributed by atoms with Crippen LogP contribution in [0.3, 0.4) is 0 Å². The molecule has 0 aliphatic heterocycles. The van der Waals surface area contributed by atoms with Gasteiger partial charge in [-0.1, -0.05) is 108 Å². The normalized spacial score (nSPS) is 14.5. The fourth-order valence-electron chi connectivity index (χ4n) is 4.61. The predicted molar refractivity (Wildman–Crippen MR) is 191 cm³/mol. The molecule has 0 aromatic heterocycles. The fraction of sp³-hybridized carbons (Fsp3) is 0.784. The predicted octanol–water partition coefficient (Wildman–Crippen LogP) is 8.83. The number of aliphatic hydroxyl groups excluding tert-OH is 2. The van der Waals surface area contributed by atoms with E-state index in [1.165, 1.54) is 25.7 Å². The Bertz CT molecular complexity index is 905. The number of esters is 2. The smallest absolute Gasteiger partial charge is 0.462 e. The summed E-state index contributed by atoms with van der Waals surface area (Å²) in [6, 6.07) is 0. The second-order valence-corrected chi connectivity index (χ2v) is 13.7. The minimum Gasteiger partial charge on any atom is -0.462 e. The van der Waals surface area contributed by atoms with Crippen LogP contribution in [0.4, 0.5) is 0 Å². The zero-order chi connectivity index (χ0) is 35.6. The molecule has 10 nitrogen and oxygen atoms in total.